The second-order valence-corrected chi connectivity index (χ2v) is 9.47. The summed E-state index contributed by atoms with van der Waals surface area (Å²) < 4.78 is 6.17. The predicted molar refractivity (Wildman–Crippen MR) is 145 cm³/mol. The van der Waals surface area contributed by atoms with E-state index in [0.29, 0.717) is 43.3 Å². The van der Waals surface area contributed by atoms with Crippen LogP contribution in [0.5, 0.6) is 5.75 Å². The Balaban J connectivity index is 1.63. The third-order valence-corrected chi connectivity index (χ3v) is 6.81. The third kappa shape index (κ3) is 6.97. The highest BCUT2D eigenvalue weighted by Crippen LogP contribution is 2.33. The van der Waals surface area contributed by atoms with Crippen LogP contribution < -0.4 is 15.4 Å². The number of ether oxygens (including phenoxy) is 1. The molecule has 0 bridgehead atoms. The van der Waals surface area contributed by atoms with Crippen molar-refractivity contribution >= 4 is 11.8 Å². The monoisotopic (exact) mass is 491 g/mol. The van der Waals surface area contributed by atoms with Crippen LogP contribution in [-0.2, 0) is 24.5 Å². The first-order chi connectivity index (χ1) is 17.5. The van der Waals surface area contributed by atoms with Gasteiger partial charge in [-0.15, -0.1) is 6.58 Å². The molecule has 36 heavy (non-hydrogen) atoms. The molecule has 2 N–H and O–H groups in total. The Morgan fingerprint density at radius 3 is 2.42 bits per heavy atom. The first-order valence-electron chi connectivity index (χ1n) is 13.2. The van der Waals surface area contributed by atoms with Crippen molar-refractivity contribution in [2.45, 2.75) is 84.2 Å². The van der Waals surface area contributed by atoms with Gasteiger partial charge in [0.2, 0.25) is 5.91 Å². The lowest BCUT2D eigenvalue weighted by atomic mass is 10.1. The second-order valence-electron chi connectivity index (χ2n) is 9.47. The Kier molecular flexibility index (Phi) is 10.6. The highest BCUT2D eigenvalue weighted by atomic mass is 16.5. The van der Waals surface area contributed by atoms with Crippen LogP contribution in [0.2, 0.25) is 0 Å². The summed E-state index contributed by atoms with van der Waals surface area (Å²) in [5.74, 6) is 0.399. The minimum Gasteiger partial charge on any atom is -0.489 e. The summed E-state index contributed by atoms with van der Waals surface area (Å²) in [4.78, 5) is 27.3. The fourth-order valence-corrected chi connectivity index (χ4v) is 4.81. The number of fused-ring (bicyclic) bond motifs is 1. The standard InChI is InChI=1S/C30H41N3O3/c1-5-8-13-27(29(34)31-4)33-20-26-25(30(33)35)12-9-14-28(26)36-21-23-17-15-22(16-18-23)19-32-24(10-6-2)11-7-3/h5,9,12,14-18,24,27,32H,1,6-8,10-11,13,19-21H2,2-4H3,(H,31,34). The van der Waals surface area contributed by atoms with Crippen molar-refractivity contribution in [3.05, 3.63) is 77.4 Å². The van der Waals surface area contributed by atoms with Crippen molar-refractivity contribution < 1.29 is 14.3 Å². The van der Waals surface area contributed by atoms with Gasteiger partial charge in [0.25, 0.3) is 5.91 Å². The first kappa shape index (κ1) is 27.5. The number of likely N-dealkylation sites (N-methyl/N-ethyl adjacent to an activating group) is 1. The number of amides is 2. The van der Waals surface area contributed by atoms with Crippen molar-refractivity contribution in [1.29, 1.82) is 0 Å². The fraction of sp³-hybridized carbons (Fsp3) is 0.467. The number of carbonyl (C=O) groups excluding carboxylic acids is 2. The first-order valence-corrected chi connectivity index (χ1v) is 13.2. The molecule has 0 radical (unpaired) electrons. The molecule has 6 nitrogen and oxygen atoms in total. The lowest BCUT2D eigenvalue weighted by Gasteiger charge is -2.26. The van der Waals surface area contributed by atoms with E-state index in [1.54, 1.807) is 18.0 Å². The maximum Gasteiger partial charge on any atom is 0.255 e. The molecule has 0 aromatic heterocycles. The number of hydrogen-bond acceptors (Lipinski definition) is 4. The van der Waals surface area contributed by atoms with E-state index >= 15 is 0 Å². The topological polar surface area (TPSA) is 70.7 Å². The van der Waals surface area contributed by atoms with Crippen molar-refractivity contribution in [1.82, 2.24) is 15.5 Å². The molecular formula is C30H41N3O3. The van der Waals surface area contributed by atoms with Gasteiger partial charge in [-0.3, -0.25) is 9.59 Å². The van der Waals surface area contributed by atoms with Crippen LogP contribution in [0, 0.1) is 0 Å². The van der Waals surface area contributed by atoms with E-state index in [1.165, 1.54) is 31.2 Å². The van der Waals surface area contributed by atoms with Crippen LogP contribution in [0.25, 0.3) is 0 Å². The van der Waals surface area contributed by atoms with Gasteiger partial charge in [0.1, 0.15) is 18.4 Å². The van der Waals surface area contributed by atoms with E-state index in [-0.39, 0.29) is 11.8 Å². The molecule has 6 heteroatoms. The van der Waals surface area contributed by atoms with Gasteiger partial charge in [-0.05, 0) is 48.9 Å². The smallest absolute Gasteiger partial charge is 0.255 e. The zero-order valence-electron chi connectivity index (χ0n) is 22.0. The number of nitrogens with zero attached hydrogens (tertiary/aromatic N) is 1. The minimum atomic E-state index is -0.531. The van der Waals surface area contributed by atoms with E-state index in [1.807, 2.05) is 18.2 Å². The number of benzene rings is 2. The molecule has 2 amide bonds. The normalized spacial score (nSPS) is 13.6. The molecule has 0 saturated heterocycles. The van der Waals surface area contributed by atoms with Gasteiger partial charge in [-0.1, -0.05) is 63.1 Å². The molecule has 194 valence electrons. The Hall–Kier alpha value is -3.12. The van der Waals surface area contributed by atoms with Gasteiger partial charge in [0.15, 0.2) is 0 Å². The van der Waals surface area contributed by atoms with E-state index in [0.717, 1.165) is 17.7 Å². The zero-order chi connectivity index (χ0) is 25.9. The summed E-state index contributed by atoms with van der Waals surface area (Å²) in [6.07, 6.45) is 7.78. The van der Waals surface area contributed by atoms with Crippen LogP contribution in [0.15, 0.2) is 55.1 Å². The lowest BCUT2D eigenvalue weighted by Crippen LogP contribution is -2.46. The lowest BCUT2D eigenvalue weighted by molar-refractivity contribution is -0.125. The SMILES string of the molecule is C=CCCC(C(=O)NC)N1Cc2c(OCc3ccc(CNC(CCC)CCC)cc3)cccc2C1=O. The van der Waals surface area contributed by atoms with E-state index in [2.05, 4.69) is 55.3 Å². The van der Waals surface area contributed by atoms with Gasteiger partial charge in [-0.25, -0.2) is 0 Å². The van der Waals surface area contributed by atoms with Crippen LogP contribution in [-0.4, -0.2) is 35.8 Å². The summed E-state index contributed by atoms with van der Waals surface area (Å²) in [5.41, 5.74) is 3.78. The van der Waals surface area contributed by atoms with E-state index in [9.17, 15) is 9.59 Å². The molecule has 2 aromatic rings. The molecule has 1 unspecified atom stereocenters. The van der Waals surface area contributed by atoms with Crippen molar-refractivity contribution in [3.63, 3.8) is 0 Å². The molecule has 1 heterocycles. The molecule has 1 aliphatic heterocycles. The zero-order valence-corrected chi connectivity index (χ0v) is 22.0. The Morgan fingerprint density at radius 1 is 1.08 bits per heavy atom. The summed E-state index contributed by atoms with van der Waals surface area (Å²) in [6, 6.07) is 14.1. The summed E-state index contributed by atoms with van der Waals surface area (Å²) in [7, 11) is 1.60. The van der Waals surface area contributed by atoms with Crippen LogP contribution in [0.3, 0.4) is 0 Å². The summed E-state index contributed by atoms with van der Waals surface area (Å²) >= 11 is 0. The molecule has 0 saturated carbocycles. The Morgan fingerprint density at radius 2 is 1.78 bits per heavy atom. The highest BCUT2D eigenvalue weighted by molar-refractivity contribution is 6.01. The molecule has 2 aromatic carbocycles. The molecule has 1 atom stereocenters. The third-order valence-electron chi connectivity index (χ3n) is 6.81. The van der Waals surface area contributed by atoms with Gasteiger partial charge in [0.05, 0.1) is 6.54 Å². The minimum absolute atomic E-state index is 0.130. The summed E-state index contributed by atoms with van der Waals surface area (Å²) in [5, 5.41) is 6.37. The molecule has 0 aliphatic carbocycles. The number of rotatable bonds is 15. The van der Waals surface area contributed by atoms with Crippen molar-refractivity contribution in [2.24, 2.45) is 0 Å². The Labute approximate surface area is 216 Å². The largest absolute Gasteiger partial charge is 0.489 e. The quantitative estimate of drug-likeness (QED) is 0.329. The van der Waals surface area contributed by atoms with Crippen LogP contribution in [0.4, 0.5) is 0 Å². The van der Waals surface area contributed by atoms with Gasteiger partial charge in [0, 0.05) is 30.8 Å². The second kappa shape index (κ2) is 13.8. The predicted octanol–water partition coefficient (Wildman–Crippen LogP) is 5.36. The average molecular weight is 492 g/mol. The molecule has 1 aliphatic rings. The van der Waals surface area contributed by atoms with E-state index < -0.39 is 6.04 Å². The average Bonchev–Trinajstić information content (AvgIpc) is 3.23. The number of nitrogens with one attached hydrogen (secondary N) is 2. The maximum absolute atomic E-state index is 13.1. The number of carbonyl (C=O) groups is 2. The molecule has 0 fully saturated rings. The van der Waals surface area contributed by atoms with Crippen molar-refractivity contribution in [3.8, 4) is 5.75 Å². The highest BCUT2D eigenvalue weighted by Gasteiger charge is 2.37. The molecular weight excluding hydrogens is 450 g/mol. The number of hydrogen-bond donors (Lipinski definition) is 2. The van der Waals surface area contributed by atoms with Crippen LogP contribution in [0.1, 0.15) is 79.4 Å². The summed E-state index contributed by atoms with van der Waals surface area (Å²) in [6.45, 7) is 9.87. The van der Waals surface area contributed by atoms with Crippen molar-refractivity contribution in [2.75, 3.05) is 7.05 Å². The van der Waals surface area contributed by atoms with Gasteiger partial charge >= 0.3 is 0 Å². The Bertz CT molecular complexity index is 1010. The maximum atomic E-state index is 13.1. The van der Waals surface area contributed by atoms with E-state index in [4.69, 9.17) is 4.74 Å². The van der Waals surface area contributed by atoms with Gasteiger partial charge in [-0.2, -0.15) is 0 Å². The fourth-order valence-electron chi connectivity index (χ4n) is 4.81. The van der Waals surface area contributed by atoms with Crippen LogP contribution >= 0.6 is 0 Å². The molecule has 3 rings (SSSR count). The van der Waals surface area contributed by atoms with Gasteiger partial charge < -0.3 is 20.3 Å². The number of allylic oxidation sites excluding steroid dienone is 1. The molecule has 0 spiro atoms.